The Bertz CT molecular complexity index is 1270. The van der Waals surface area contributed by atoms with Crippen molar-refractivity contribution in [2.45, 2.75) is 17.1 Å². The lowest BCUT2D eigenvalue weighted by Gasteiger charge is -2.07. The molecule has 0 spiro atoms. The number of rotatable bonds is 7. The van der Waals surface area contributed by atoms with Crippen LogP contribution in [0.5, 0.6) is 0 Å². The van der Waals surface area contributed by atoms with E-state index < -0.39 is 9.84 Å². The van der Waals surface area contributed by atoms with Crippen LogP contribution in [0.1, 0.15) is 21.9 Å². The number of amides is 1. The molecule has 6 heteroatoms. The number of carbonyl (C=O) groups is 1. The van der Waals surface area contributed by atoms with E-state index in [1.54, 1.807) is 30.3 Å². The van der Waals surface area contributed by atoms with Gasteiger partial charge in [0.25, 0.3) is 5.91 Å². The van der Waals surface area contributed by atoms with Crippen molar-refractivity contribution in [3.8, 4) is 0 Å². The van der Waals surface area contributed by atoms with Gasteiger partial charge in [-0.3, -0.25) is 4.79 Å². The van der Waals surface area contributed by atoms with E-state index in [0.717, 1.165) is 10.9 Å². The Balaban J connectivity index is 1.37. The van der Waals surface area contributed by atoms with Crippen molar-refractivity contribution in [3.63, 3.8) is 0 Å². The molecule has 0 atom stereocenters. The Morgan fingerprint density at radius 2 is 1.57 bits per heavy atom. The molecule has 0 saturated heterocycles. The predicted octanol–water partition coefficient (Wildman–Crippen LogP) is 4.38. The van der Waals surface area contributed by atoms with Crippen molar-refractivity contribution in [1.29, 1.82) is 0 Å². The Kier molecular flexibility index (Phi) is 5.68. The minimum Gasteiger partial charge on any atom is -0.455 e. The van der Waals surface area contributed by atoms with Crippen LogP contribution in [0.3, 0.4) is 0 Å². The number of furan rings is 1. The molecule has 1 heterocycles. The first kappa shape index (κ1) is 19.9. The molecular formula is C24H21NO4S. The van der Waals surface area contributed by atoms with E-state index in [1.165, 1.54) is 17.5 Å². The van der Waals surface area contributed by atoms with Gasteiger partial charge in [-0.05, 0) is 47.0 Å². The molecule has 30 heavy (non-hydrogen) atoms. The molecule has 5 nitrogen and oxygen atoms in total. The van der Waals surface area contributed by atoms with Crippen LogP contribution in [-0.4, -0.2) is 20.9 Å². The normalized spacial score (nSPS) is 11.5. The number of benzene rings is 3. The van der Waals surface area contributed by atoms with E-state index >= 15 is 0 Å². The molecule has 0 aliphatic rings. The van der Waals surface area contributed by atoms with Gasteiger partial charge in [0.2, 0.25) is 0 Å². The van der Waals surface area contributed by atoms with Crippen LogP contribution >= 0.6 is 0 Å². The van der Waals surface area contributed by atoms with Crippen LogP contribution in [-0.2, 0) is 22.0 Å². The largest absolute Gasteiger partial charge is 0.455 e. The third kappa shape index (κ3) is 4.44. The first-order valence-corrected chi connectivity index (χ1v) is 11.3. The van der Waals surface area contributed by atoms with Gasteiger partial charge in [-0.25, -0.2) is 8.42 Å². The van der Waals surface area contributed by atoms with Crippen molar-refractivity contribution in [3.05, 3.63) is 102 Å². The predicted molar refractivity (Wildman–Crippen MR) is 116 cm³/mol. The van der Waals surface area contributed by atoms with Crippen molar-refractivity contribution in [2.75, 3.05) is 6.54 Å². The summed E-state index contributed by atoms with van der Waals surface area (Å²) in [7, 11) is -3.52. The highest BCUT2D eigenvalue weighted by Crippen LogP contribution is 2.20. The lowest BCUT2D eigenvalue weighted by atomic mass is 10.0. The quantitative estimate of drug-likeness (QED) is 0.482. The van der Waals surface area contributed by atoms with Gasteiger partial charge in [-0.2, -0.15) is 0 Å². The van der Waals surface area contributed by atoms with Crippen LogP contribution in [0, 0.1) is 0 Å². The van der Waals surface area contributed by atoms with E-state index in [2.05, 4.69) is 23.5 Å². The second-order valence-electron chi connectivity index (χ2n) is 6.98. The van der Waals surface area contributed by atoms with E-state index in [0.29, 0.717) is 13.0 Å². The van der Waals surface area contributed by atoms with Gasteiger partial charge in [0, 0.05) is 6.54 Å². The van der Waals surface area contributed by atoms with Gasteiger partial charge in [0.05, 0.1) is 4.90 Å². The average Bonchev–Trinajstić information content (AvgIpc) is 3.22. The van der Waals surface area contributed by atoms with Gasteiger partial charge in [-0.1, -0.05) is 60.7 Å². The Morgan fingerprint density at radius 1 is 0.833 bits per heavy atom. The summed E-state index contributed by atoms with van der Waals surface area (Å²) in [6.07, 6.45) is 0.684. The zero-order valence-electron chi connectivity index (χ0n) is 16.2. The van der Waals surface area contributed by atoms with E-state index in [1.807, 2.05) is 24.3 Å². The van der Waals surface area contributed by atoms with Crippen LogP contribution in [0.15, 0.2) is 94.2 Å². The Morgan fingerprint density at radius 3 is 2.40 bits per heavy atom. The fourth-order valence-electron chi connectivity index (χ4n) is 3.38. The minimum absolute atomic E-state index is 0.103. The van der Waals surface area contributed by atoms with Crippen LogP contribution in [0.2, 0.25) is 0 Å². The van der Waals surface area contributed by atoms with E-state index in [4.69, 9.17) is 4.42 Å². The maximum absolute atomic E-state index is 12.5. The fourth-order valence-corrected chi connectivity index (χ4v) is 4.65. The molecule has 0 aliphatic carbocycles. The number of fused-ring (bicyclic) bond motifs is 1. The Hall–Kier alpha value is -3.38. The molecule has 4 rings (SSSR count). The summed E-state index contributed by atoms with van der Waals surface area (Å²) in [5.74, 6) is -0.317. The number of sulfone groups is 1. The maximum Gasteiger partial charge on any atom is 0.287 e. The maximum atomic E-state index is 12.5. The van der Waals surface area contributed by atoms with Crippen molar-refractivity contribution in [1.82, 2.24) is 5.32 Å². The summed E-state index contributed by atoms with van der Waals surface area (Å²) in [5, 5.41) is 5.17. The highest BCUT2D eigenvalue weighted by Gasteiger charge is 2.19. The zero-order chi connectivity index (χ0) is 21.0. The van der Waals surface area contributed by atoms with Crippen molar-refractivity contribution < 1.29 is 17.6 Å². The zero-order valence-corrected chi connectivity index (χ0v) is 17.1. The first-order valence-electron chi connectivity index (χ1n) is 9.64. The van der Waals surface area contributed by atoms with Gasteiger partial charge in [-0.15, -0.1) is 0 Å². The molecule has 1 amide bonds. The molecule has 3 aromatic carbocycles. The summed E-state index contributed by atoms with van der Waals surface area (Å²) >= 11 is 0. The summed E-state index contributed by atoms with van der Waals surface area (Å²) in [6.45, 7) is 0.450. The minimum atomic E-state index is -3.52. The van der Waals surface area contributed by atoms with Gasteiger partial charge in [0.1, 0.15) is 11.5 Å². The summed E-state index contributed by atoms with van der Waals surface area (Å²) in [4.78, 5) is 12.6. The molecule has 0 bridgehead atoms. The van der Waals surface area contributed by atoms with Crippen LogP contribution in [0.25, 0.3) is 10.8 Å². The second kappa shape index (κ2) is 8.55. The fraction of sp³-hybridized carbons (Fsp3) is 0.125. The third-order valence-electron chi connectivity index (χ3n) is 4.88. The molecule has 0 unspecified atom stereocenters. The monoisotopic (exact) mass is 419 g/mol. The van der Waals surface area contributed by atoms with Crippen molar-refractivity contribution in [2.24, 2.45) is 0 Å². The number of hydrogen-bond acceptors (Lipinski definition) is 4. The first-order chi connectivity index (χ1) is 14.5. The molecule has 0 aliphatic heterocycles. The molecule has 1 N–H and O–H groups in total. The van der Waals surface area contributed by atoms with Crippen LogP contribution < -0.4 is 5.32 Å². The smallest absolute Gasteiger partial charge is 0.287 e. The summed E-state index contributed by atoms with van der Waals surface area (Å²) < 4.78 is 30.4. The van der Waals surface area contributed by atoms with E-state index in [-0.39, 0.29) is 28.1 Å². The number of hydrogen-bond donors (Lipinski definition) is 1. The van der Waals surface area contributed by atoms with Gasteiger partial charge in [0.15, 0.2) is 15.6 Å². The molecule has 0 radical (unpaired) electrons. The molecule has 1 aromatic heterocycles. The average molecular weight is 420 g/mol. The molecule has 0 saturated carbocycles. The third-order valence-corrected chi connectivity index (χ3v) is 6.53. The lowest BCUT2D eigenvalue weighted by molar-refractivity contribution is 0.0925. The van der Waals surface area contributed by atoms with Crippen molar-refractivity contribution >= 4 is 26.5 Å². The topological polar surface area (TPSA) is 76.4 Å². The summed E-state index contributed by atoms with van der Waals surface area (Å²) in [5.41, 5.74) is 1.16. The lowest BCUT2D eigenvalue weighted by Crippen LogP contribution is -2.25. The Labute approximate surface area is 175 Å². The second-order valence-corrected chi connectivity index (χ2v) is 8.97. The summed E-state index contributed by atoms with van der Waals surface area (Å²) in [6, 6.07) is 25.5. The molecule has 152 valence electrons. The highest BCUT2D eigenvalue weighted by molar-refractivity contribution is 7.90. The van der Waals surface area contributed by atoms with Crippen LogP contribution in [0.4, 0.5) is 0 Å². The number of nitrogens with one attached hydrogen (secondary N) is 1. The van der Waals surface area contributed by atoms with Gasteiger partial charge < -0.3 is 9.73 Å². The SMILES string of the molecule is O=C(NCCc1cccc2ccccc12)c1ccc(CS(=O)(=O)c2ccccc2)o1. The highest BCUT2D eigenvalue weighted by atomic mass is 32.2. The van der Waals surface area contributed by atoms with E-state index in [9.17, 15) is 13.2 Å². The standard InChI is InChI=1S/C24H21NO4S/c26-24(25-16-15-19-9-6-8-18-7-4-5-12-22(18)19)23-14-13-20(29-23)17-30(27,28)21-10-2-1-3-11-21/h1-14H,15-17H2,(H,25,26). The van der Waals surface area contributed by atoms with Gasteiger partial charge >= 0.3 is 0 Å². The molecular weight excluding hydrogens is 398 g/mol. The molecule has 0 fully saturated rings. The molecule has 4 aromatic rings. The number of carbonyl (C=O) groups excluding carboxylic acids is 1.